The van der Waals surface area contributed by atoms with Crippen LogP contribution in [-0.2, 0) is 34.7 Å². The Hall–Kier alpha value is -0.750. The molecular formula is C12H21O5S+. The Morgan fingerprint density at radius 3 is 2.33 bits per heavy atom. The summed E-state index contributed by atoms with van der Waals surface area (Å²) >= 11 is 0. The molecule has 1 aliphatic heterocycles. The smallest absolute Gasteiger partial charge is 0.359 e. The molecule has 0 atom stereocenters. The Labute approximate surface area is 111 Å². The SMILES string of the molecule is CC(C)(C)C(=O)OCOC(=O)C[S+]1CCOCC1. The monoisotopic (exact) mass is 277 g/mol. The van der Waals surface area contributed by atoms with E-state index in [1.807, 2.05) is 0 Å². The van der Waals surface area contributed by atoms with Crippen molar-refractivity contribution < 1.29 is 23.8 Å². The topological polar surface area (TPSA) is 61.8 Å². The van der Waals surface area contributed by atoms with E-state index >= 15 is 0 Å². The van der Waals surface area contributed by atoms with Crippen molar-refractivity contribution in [1.82, 2.24) is 0 Å². The zero-order valence-electron chi connectivity index (χ0n) is 11.2. The van der Waals surface area contributed by atoms with Crippen molar-refractivity contribution in [2.45, 2.75) is 20.8 Å². The number of hydrogen-bond donors (Lipinski definition) is 0. The van der Waals surface area contributed by atoms with Gasteiger partial charge in [-0.2, -0.15) is 0 Å². The Morgan fingerprint density at radius 2 is 1.78 bits per heavy atom. The van der Waals surface area contributed by atoms with Gasteiger partial charge >= 0.3 is 11.9 Å². The first-order valence-corrected chi connectivity index (χ1v) is 7.67. The van der Waals surface area contributed by atoms with Gasteiger partial charge in [-0.05, 0) is 20.8 Å². The third kappa shape index (κ3) is 5.73. The van der Waals surface area contributed by atoms with Gasteiger partial charge in [-0.3, -0.25) is 4.79 Å². The molecular weight excluding hydrogens is 256 g/mol. The van der Waals surface area contributed by atoms with Crippen LogP contribution >= 0.6 is 0 Å². The second-order valence-electron chi connectivity index (χ2n) is 5.09. The average Bonchev–Trinajstić information content (AvgIpc) is 2.28. The molecule has 104 valence electrons. The van der Waals surface area contributed by atoms with E-state index < -0.39 is 5.41 Å². The lowest BCUT2D eigenvalue weighted by Crippen LogP contribution is -2.33. The van der Waals surface area contributed by atoms with E-state index in [9.17, 15) is 9.59 Å². The number of hydrogen-bond acceptors (Lipinski definition) is 5. The molecule has 18 heavy (non-hydrogen) atoms. The normalized spacial score (nSPS) is 17.3. The molecule has 0 N–H and O–H groups in total. The molecule has 0 saturated carbocycles. The number of rotatable bonds is 4. The van der Waals surface area contributed by atoms with Crippen LogP contribution in [0, 0.1) is 5.41 Å². The van der Waals surface area contributed by atoms with Gasteiger partial charge in [0.15, 0.2) is 0 Å². The first-order chi connectivity index (χ1) is 8.39. The van der Waals surface area contributed by atoms with E-state index in [0.717, 1.165) is 24.7 Å². The molecule has 1 rings (SSSR count). The van der Waals surface area contributed by atoms with Crippen LogP contribution in [0.5, 0.6) is 0 Å². The lowest BCUT2D eigenvalue weighted by molar-refractivity contribution is -0.171. The molecule has 0 aromatic heterocycles. The fraction of sp³-hybridized carbons (Fsp3) is 0.833. The molecule has 1 heterocycles. The highest BCUT2D eigenvalue weighted by Crippen LogP contribution is 2.14. The van der Waals surface area contributed by atoms with Gasteiger partial charge < -0.3 is 14.2 Å². The first-order valence-electron chi connectivity index (χ1n) is 5.94. The molecule has 0 spiro atoms. The van der Waals surface area contributed by atoms with E-state index in [1.165, 1.54) is 0 Å². The molecule has 1 fully saturated rings. The Bertz CT molecular complexity index is 291. The van der Waals surface area contributed by atoms with E-state index in [4.69, 9.17) is 14.2 Å². The summed E-state index contributed by atoms with van der Waals surface area (Å²) in [5.74, 6) is 1.55. The fourth-order valence-corrected chi connectivity index (χ4v) is 2.89. The lowest BCUT2D eigenvalue weighted by Gasteiger charge is -2.16. The van der Waals surface area contributed by atoms with Crippen molar-refractivity contribution in [2.75, 3.05) is 37.3 Å². The van der Waals surface area contributed by atoms with Crippen molar-refractivity contribution in [2.24, 2.45) is 5.41 Å². The van der Waals surface area contributed by atoms with Gasteiger partial charge in [0.1, 0.15) is 11.5 Å². The summed E-state index contributed by atoms with van der Waals surface area (Å²) in [7, 11) is 0.0540. The predicted molar refractivity (Wildman–Crippen MR) is 69.3 cm³/mol. The van der Waals surface area contributed by atoms with Crippen LogP contribution in [0.3, 0.4) is 0 Å². The van der Waals surface area contributed by atoms with Gasteiger partial charge in [-0.25, -0.2) is 4.79 Å². The average molecular weight is 277 g/mol. The molecule has 0 amide bonds. The number of ether oxygens (including phenoxy) is 3. The van der Waals surface area contributed by atoms with Gasteiger partial charge in [0.25, 0.3) is 0 Å². The summed E-state index contributed by atoms with van der Waals surface area (Å²) in [6, 6.07) is 0. The van der Waals surface area contributed by atoms with Gasteiger partial charge in [0, 0.05) is 10.9 Å². The van der Waals surface area contributed by atoms with Crippen molar-refractivity contribution in [3.05, 3.63) is 0 Å². The zero-order valence-corrected chi connectivity index (χ0v) is 12.0. The number of esters is 2. The van der Waals surface area contributed by atoms with E-state index in [1.54, 1.807) is 20.8 Å². The second-order valence-corrected chi connectivity index (χ2v) is 7.42. The summed E-state index contributed by atoms with van der Waals surface area (Å²) in [6.07, 6.45) is 0. The fourth-order valence-electron chi connectivity index (χ4n) is 1.28. The molecule has 1 aliphatic rings. The molecule has 1 saturated heterocycles. The third-order valence-electron chi connectivity index (χ3n) is 2.38. The van der Waals surface area contributed by atoms with E-state index in [-0.39, 0.29) is 29.6 Å². The molecule has 0 aromatic rings. The summed E-state index contributed by atoms with van der Waals surface area (Å²) in [5.41, 5.74) is -0.575. The molecule has 0 aliphatic carbocycles. The predicted octanol–water partition coefficient (Wildman–Crippen LogP) is 0.725. The van der Waals surface area contributed by atoms with Crippen molar-refractivity contribution >= 4 is 22.8 Å². The van der Waals surface area contributed by atoms with Gasteiger partial charge in [0.05, 0.1) is 18.6 Å². The van der Waals surface area contributed by atoms with Crippen molar-refractivity contribution in [3.8, 4) is 0 Å². The Kier molecular flexibility index (Phi) is 5.95. The highest BCUT2D eigenvalue weighted by Gasteiger charge is 2.27. The second kappa shape index (κ2) is 6.99. The van der Waals surface area contributed by atoms with Gasteiger partial charge in [-0.15, -0.1) is 0 Å². The van der Waals surface area contributed by atoms with Crippen LogP contribution in [0.1, 0.15) is 20.8 Å². The molecule has 0 bridgehead atoms. The van der Waals surface area contributed by atoms with Gasteiger partial charge in [0.2, 0.25) is 12.5 Å². The molecule has 6 heteroatoms. The Balaban J connectivity index is 2.15. The summed E-state index contributed by atoms with van der Waals surface area (Å²) in [4.78, 5) is 22.9. The minimum atomic E-state index is -0.575. The Morgan fingerprint density at radius 1 is 1.17 bits per heavy atom. The minimum absolute atomic E-state index is 0.0540. The van der Waals surface area contributed by atoms with Crippen molar-refractivity contribution in [3.63, 3.8) is 0 Å². The highest BCUT2D eigenvalue weighted by atomic mass is 32.2. The first kappa shape index (κ1) is 15.3. The number of carbonyl (C=O) groups is 2. The summed E-state index contributed by atoms with van der Waals surface area (Å²) in [6.45, 7) is 6.40. The quantitative estimate of drug-likeness (QED) is 0.430. The van der Waals surface area contributed by atoms with Crippen LogP contribution in [0.25, 0.3) is 0 Å². The molecule has 5 nitrogen and oxygen atoms in total. The molecule has 0 unspecified atom stereocenters. The number of carbonyl (C=O) groups excluding carboxylic acids is 2. The van der Waals surface area contributed by atoms with Crippen LogP contribution in [0.2, 0.25) is 0 Å². The highest BCUT2D eigenvalue weighted by molar-refractivity contribution is 7.97. The van der Waals surface area contributed by atoms with Crippen LogP contribution < -0.4 is 0 Å². The largest absolute Gasteiger partial charge is 0.427 e. The summed E-state index contributed by atoms with van der Waals surface area (Å²) in [5, 5.41) is 0. The maximum absolute atomic E-state index is 11.5. The standard InChI is InChI=1S/C12H21O5S/c1-12(2,3)11(14)17-9-16-10(13)8-18-6-4-15-5-7-18/h4-9H2,1-3H3/q+1. The van der Waals surface area contributed by atoms with Crippen LogP contribution in [0.15, 0.2) is 0 Å². The lowest BCUT2D eigenvalue weighted by atomic mass is 9.98. The molecule has 0 radical (unpaired) electrons. The van der Waals surface area contributed by atoms with E-state index in [2.05, 4.69) is 0 Å². The maximum Gasteiger partial charge on any atom is 0.359 e. The van der Waals surface area contributed by atoms with E-state index in [0.29, 0.717) is 5.75 Å². The maximum atomic E-state index is 11.5. The van der Waals surface area contributed by atoms with Crippen LogP contribution in [-0.4, -0.2) is 49.2 Å². The zero-order chi connectivity index (χ0) is 13.6. The third-order valence-corrected chi connectivity index (χ3v) is 4.51. The summed E-state index contributed by atoms with van der Waals surface area (Å²) < 4.78 is 15.0. The van der Waals surface area contributed by atoms with Crippen molar-refractivity contribution in [1.29, 1.82) is 0 Å². The van der Waals surface area contributed by atoms with Crippen LogP contribution in [0.4, 0.5) is 0 Å². The minimum Gasteiger partial charge on any atom is -0.427 e. The molecule has 0 aromatic carbocycles. The van der Waals surface area contributed by atoms with Gasteiger partial charge in [-0.1, -0.05) is 0 Å².